The molecule has 19 heavy (non-hydrogen) atoms. The molecule has 3 heteroatoms. The van der Waals surface area contributed by atoms with Gasteiger partial charge in [0.2, 0.25) is 0 Å². The molecule has 0 saturated heterocycles. The molecule has 2 rings (SSSR count). The van der Waals surface area contributed by atoms with Crippen molar-refractivity contribution in [3.05, 3.63) is 57.6 Å². The van der Waals surface area contributed by atoms with Gasteiger partial charge in [-0.15, -0.1) is 0 Å². The van der Waals surface area contributed by atoms with E-state index in [0.717, 1.165) is 22.5 Å². The smallest absolute Gasteiger partial charge is 0.164 e. The van der Waals surface area contributed by atoms with Gasteiger partial charge in [0.15, 0.2) is 3.77 Å². The number of hydrogen-bond donors (Lipinski definition) is 1. The predicted molar refractivity (Wildman–Crippen MR) is 86.9 cm³/mol. The largest absolute Gasteiger partial charge is 0.454 e. The minimum Gasteiger partial charge on any atom is -0.454 e. The Labute approximate surface area is 128 Å². The Morgan fingerprint density at radius 1 is 1.11 bits per heavy atom. The summed E-state index contributed by atoms with van der Waals surface area (Å²) in [5.74, 6) is 1.66. The van der Waals surface area contributed by atoms with E-state index in [0.29, 0.717) is 12.0 Å². The van der Waals surface area contributed by atoms with Crippen molar-refractivity contribution in [2.75, 3.05) is 0 Å². The lowest BCUT2D eigenvalue weighted by molar-refractivity contribution is 0.395. The van der Waals surface area contributed by atoms with Gasteiger partial charge in [-0.1, -0.05) is 44.2 Å². The fourth-order valence-electron chi connectivity index (χ4n) is 2.16. The van der Waals surface area contributed by atoms with E-state index in [-0.39, 0.29) is 0 Å². The third-order valence-electron chi connectivity index (χ3n) is 3.06. The number of furan rings is 1. The van der Waals surface area contributed by atoms with Gasteiger partial charge in [-0.05, 0) is 52.6 Å². The standard InChI is InChI=1S/C16H20INO/c1-12(2)10-15(13-6-4-3-5-7-13)18-11-14-8-9-16(17)19-14/h3-9,12,15,18H,10-11H2,1-2H3. The van der Waals surface area contributed by atoms with Crippen LogP contribution < -0.4 is 5.32 Å². The molecule has 0 fully saturated rings. The first kappa shape index (κ1) is 14.6. The summed E-state index contributed by atoms with van der Waals surface area (Å²) in [4.78, 5) is 0. The second-order valence-electron chi connectivity index (χ2n) is 5.18. The van der Waals surface area contributed by atoms with Crippen molar-refractivity contribution in [2.24, 2.45) is 5.92 Å². The summed E-state index contributed by atoms with van der Waals surface area (Å²) in [6.07, 6.45) is 1.13. The molecule has 102 valence electrons. The summed E-state index contributed by atoms with van der Waals surface area (Å²) in [6, 6.07) is 15.0. The van der Waals surface area contributed by atoms with Crippen LogP contribution in [0.4, 0.5) is 0 Å². The Balaban J connectivity index is 2.02. The molecule has 1 heterocycles. The maximum absolute atomic E-state index is 5.60. The molecule has 0 aliphatic rings. The SMILES string of the molecule is CC(C)CC(NCc1ccc(I)o1)c1ccccc1. The van der Waals surface area contributed by atoms with Crippen molar-refractivity contribution >= 4 is 22.6 Å². The summed E-state index contributed by atoms with van der Waals surface area (Å²) in [5, 5.41) is 3.60. The third kappa shape index (κ3) is 4.66. The minimum atomic E-state index is 0.379. The van der Waals surface area contributed by atoms with Crippen LogP contribution in [0, 0.1) is 9.68 Å². The maximum atomic E-state index is 5.60. The maximum Gasteiger partial charge on any atom is 0.164 e. The van der Waals surface area contributed by atoms with Crippen molar-refractivity contribution in [1.82, 2.24) is 5.32 Å². The zero-order chi connectivity index (χ0) is 13.7. The monoisotopic (exact) mass is 369 g/mol. The third-order valence-corrected chi connectivity index (χ3v) is 3.64. The lowest BCUT2D eigenvalue weighted by Gasteiger charge is -2.20. The van der Waals surface area contributed by atoms with Gasteiger partial charge in [0.05, 0.1) is 6.54 Å². The van der Waals surface area contributed by atoms with Crippen molar-refractivity contribution in [3.8, 4) is 0 Å². The van der Waals surface area contributed by atoms with E-state index in [2.05, 4.69) is 72.1 Å². The summed E-state index contributed by atoms with van der Waals surface area (Å²) in [5.41, 5.74) is 1.34. The van der Waals surface area contributed by atoms with Gasteiger partial charge in [0.1, 0.15) is 5.76 Å². The van der Waals surface area contributed by atoms with Gasteiger partial charge < -0.3 is 9.73 Å². The van der Waals surface area contributed by atoms with E-state index in [1.807, 2.05) is 12.1 Å². The van der Waals surface area contributed by atoms with Crippen LogP contribution >= 0.6 is 22.6 Å². The second-order valence-corrected chi connectivity index (χ2v) is 6.24. The van der Waals surface area contributed by atoms with E-state index in [9.17, 15) is 0 Å². The quantitative estimate of drug-likeness (QED) is 0.743. The first-order valence-electron chi connectivity index (χ1n) is 6.67. The highest BCUT2D eigenvalue weighted by Crippen LogP contribution is 2.22. The predicted octanol–water partition coefficient (Wildman–Crippen LogP) is 4.76. The summed E-state index contributed by atoms with van der Waals surface area (Å²) in [6.45, 7) is 5.29. The van der Waals surface area contributed by atoms with Crippen LogP contribution in [0.25, 0.3) is 0 Å². The zero-order valence-corrected chi connectivity index (χ0v) is 13.6. The Kier molecular flexibility index (Phi) is 5.45. The molecule has 0 amide bonds. The van der Waals surface area contributed by atoms with Crippen molar-refractivity contribution in [3.63, 3.8) is 0 Å². The molecule has 1 aromatic carbocycles. The van der Waals surface area contributed by atoms with Crippen LogP contribution in [-0.4, -0.2) is 0 Å². The molecule has 0 bridgehead atoms. The summed E-state index contributed by atoms with van der Waals surface area (Å²) in [7, 11) is 0. The fraction of sp³-hybridized carbons (Fsp3) is 0.375. The molecule has 1 N–H and O–H groups in total. The Hall–Kier alpha value is -0.810. The van der Waals surface area contributed by atoms with Crippen LogP contribution in [0.5, 0.6) is 0 Å². The lowest BCUT2D eigenvalue weighted by Crippen LogP contribution is -2.22. The molecule has 0 aliphatic carbocycles. The summed E-state index contributed by atoms with van der Waals surface area (Å²) < 4.78 is 6.54. The van der Waals surface area contributed by atoms with Crippen LogP contribution in [-0.2, 0) is 6.54 Å². The number of halogens is 1. The molecular formula is C16H20INO. The molecular weight excluding hydrogens is 349 g/mol. The molecule has 0 radical (unpaired) electrons. The van der Waals surface area contributed by atoms with E-state index in [1.54, 1.807) is 0 Å². The molecule has 1 atom stereocenters. The summed E-state index contributed by atoms with van der Waals surface area (Å²) >= 11 is 2.19. The zero-order valence-electron chi connectivity index (χ0n) is 11.4. The molecule has 2 nitrogen and oxygen atoms in total. The average molecular weight is 369 g/mol. The van der Waals surface area contributed by atoms with Crippen LogP contribution in [0.1, 0.15) is 37.6 Å². The highest BCUT2D eigenvalue weighted by molar-refractivity contribution is 14.1. The first-order valence-corrected chi connectivity index (χ1v) is 7.75. The number of hydrogen-bond acceptors (Lipinski definition) is 2. The van der Waals surface area contributed by atoms with E-state index in [4.69, 9.17) is 4.42 Å². The van der Waals surface area contributed by atoms with Crippen molar-refractivity contribution in [1.29, 1.82) is 0 Å². The molecule has 0 saturated carbocycles. The van der Waals surface area contributed by atoms with Gasteiger partial charge in [-0.3, -0.25) is 0 Å². The second kappa shape index (κ2) is 7.10. The molecule has 0 spiro atoms. The molecule has 0 aliphatic heterocycles. The van der Waals surface area contributed by atoms with Gasteiger partial charge in [0.25, 0.3) is 0 Å². The fourth-order valence-corrected chi connectivity index (χ4v) is 2.63. The van der Waals surface area contributed by atoms with Crippen LogP contribution in [0.2, 0.25) is 0 Å². The highest BCUT2D eigenvalue weighted by Gasteiger charge is 2.13. The molecule has 1 unspecified atom stereocenters. The van der Waals surface area contributed by atoms with E-state index < -0.39 is 0 Å². The topological polar surface area (TPSA) is 25.2 Å². The van der Waals surface area contributed by atoms with Gasteiger partial charge in [-0.2, -0.15) is 0 Å². The number of nitrogens with one attached hydrogen (secondary N) is 1. The lowest BCUT2D eigenvalue weighted by atomic mass is 9.97. The Morgan fingerprint density at radius 2 is 1.84 bits per heavy atom. The normalized spacial score (nSPS) is 12.8. The van der Waals surface area contributed by atoms with Crippen LogP contribution in [0.3, 0.4) is 0 Å². The minimum absolute atomic E-state index is 0.379. The van der Waals surface area contributed by atoms with Crippen molar-refractivity contribution in [2.45, 2.75) is 32.9 Å². The Bertz CT molecular complexity index is 492. The molecule has 1 aromatic heterocycles. The van der Waals surface area contributed by atoms with E-state index >= 15 is 0 Å². The van der Waals surface area contributed by atoms with Gasteiger partial charge in [0, 0.05) is 6.04 Å². The van der Waals surface area contributed by atoms with Gasteiger partial charge >= 0.3 is 0 Å². The molecule has 2 aromatic rings. The first-order chi connectivity index (χ1) is 9.15. The van der Waals surface area contributed by atoms with E-state index in [1.165, 1.54) is 5.56 Å². The van der Waals surface area contributed by atoms with Crippen molar-refractivity contribution < 1.29 is 4.42 Å². The number of benzene rings is 1. The highest BCUT2D eigenvalue weighted by atomic mass is 127. The average Bonchev–Trinajstić information content (AvgIpc) is 2.81. The van der Waals surface area contributed by atoms with Crippen LogP contribution in [0.15, 0.2) is 46.9 Å². The Morgan fingerprint density at radius 3 is 2.42 bits per heavy atom. The van der Waals surface area contributed by atoms with Gasteiger partial charge in [-0.25, -0.2) is 0 Å². The number of rotatable bonds is 6.